The molecule has 1 fully saturated rings. The van der Waals surface area contributed by atoms with Gasteiger partial charge >= 0.3 is 0 Å². The number of aliphatic imine (C=N–C) groups is 1. The molecule has 0 unspecified atom stereocenters. The molecule has 0 atom stereocenters. The lowest BCUT2D eigenvalue weighted by atomic mass is 10.1. The number of aliphatic hydroxyl groups is 1. The lowest BCUT2D eigenvalue weighted by Gasteiger charge is -2.29. The molecule has 8 heteroatoms. The van der Waals surface area contributed by atoms with Crippen molar-refractivity contribution in [1.82, 2.24) is 15.1 Å². The van der Waals surface area contributed by atoms with Crippen molar-refractivity contribution in [3.63, 3.8) is 0 Å². The van der Waals surface area contributed by atoms with Gasteiger partial charge in [0, 0.05) is 46.8 Å². The number of nitrogens with zero attached hydrogens (tertiary/aromatic N) is 3. The topological polar surface area (TPSA) is 69.6 Å². The first-order chi connectivity index (χ1) is 15.6. The Balaban J connectivity index is 0.00000306. The summed E-state index contributed by atoms with van der Waals surface area (Å²) in [5, 5.41) is 13.1. The third-order valence-corrected chi connectivity index (χ3v) is 6.04. The van der Waals surface area contributed by atoms with Crippen LogP contribution < -0.4 is 14.8 Å². The Morgan fingerprint density at radius 2 is 1.67 bits per heavy atom. The van der Waals surface area contributed by atoms with Crippen molar-refractivity contribution < 1.29 is 14.6 Å². The summed E-state index contributed by atoms with van der Waals surface area (Å²) in [5.41, 5.74) is 3.68. The molecule has 7 nitrogen and oxygen atoms in total. The number of halogens is 1. The fourth-order valence-corrected chi connectivity index (χ4v) is 4.20. The number of piperidine rings is 1. The van der Waals surface area contributed by atoms with Gasteiger partial charge in [-0.1, -0.05) is 30.3 Å². The van der Waals surface area contributed by atoms with E-state index in [4.69, 9.17) is 9.47 Å². The van der Waals surface area contributed by atoms with Crippen LogP contribution in [0.25, 0.3) is 0 Å². The minimum atomic E-state index is -0.123. The van der Waals surface area contributed by atoms with E-state index in [-0.39, 0.29) is 30.1 Å². The van der Waals surface area contributed by atoms with Crippen molar-refractivity contribution >= 4 is 29.9 Å². The Morgan fingerprint density at radius 3 is 2.36 bits per heavy atom. The highest BCUT2D eigenvalue weighted by Gasteiger charge is 2.17. The van der Waals surface area contributed by atoms with Gasteiger partial charge in [-0.3, -0.25) is 9.89 Å². The van der Waals surface area contributed by atoms with Crippen molar-refractivity contribution in [2.45, 2.75) is 38.6 Å². The zero-order chi connectivity index (χ0) is 22.3. The lowest BCUT2D eigenvalue weighted by Crippen LogP contribution is -2.38. The Morgan fingerprint density at radius 1 is 1.03 bits per heavy atom. The van der Waals surface area contributed by atoms with E-state index >= 15 is 0 Å². The van der Waals surface area contributed by atoms with Gasteiger partial charge in [0.15, 0.2) is 17.5 Å². The van der Waals surface area contributed by atoms with Crippen molar-refractivity contribution in [3.05, 3.63) is 59.2 Å². The summed E-state index contributed by atoms with van der Waals surface area (Å²) in [6.07, 6.45) is 1.63. The van der Waals surface area contributed by atoms with Crippen LogP contribution in [0.2, 0.25) is 0 Å². The number of rotatable bonds is 6. The van der Waals surface area contributed by atoms with Gasteiger partial charge in [-0.25, -0.2) is 0 Å². The molecule has 33 heavy (non-hydrogen) atoms. The Labute approximate surface area is 213 Å². The summed E-state index contributed by atoms with van der Waals surface area (Å²) in [6, 6.07) is 14.8. The maximum Gasteiger partial charge on any atom is 0.193 e. The van der Waals surface area contributed by atoms with E-state index in [1.165, 1.54) is 11.1 Å². The molecule has 2 aliphatic rings. The number of guanidine groups is 1. The third kappa shape index (κ3) is 7.22. The van der Waals surface area contributed by atoms with Gasteiger partial charge in [0.05, 0.1) is 6.10 Å². The first kappa shape index (κ1) is 25.6. The smallest absolute Gasteiger partial charge is 0.193 e. The molecular weight excluding hydrogens is 531 g/mol. The Kier molecular flexibility index (Phi) is 9.64. The van der Waals surface area contributed by atoms with Crippen LogP contribution in [-0.4, -0.2) is 67.4 Å². The molecule has 0 radical (unpaired) electrons. The molecule has 0 bridgehead atoms. The monoisotopic (exact) mass is 566 g/mol. The molecule has 2 aromatic carbocycles. The number of aliphatic hydroxyl groups excluding tert-OH is 1. The molecule has 2 heterocycles. The molecule has 0 aromatic heterocycles. The summed E-state index contributed by atoms with van der Waals surface area (Å²) >= 11 is 0. The van der Waals surface area contributed by atoms with E-state index < -0.39 is 0 Å². The van der Waals surface area contributed by atoms with Crippen LogP contribution in [-0.2, 0) is 19.6 Å². The number of likely N-dealkylation sites (tertiary alicyclic amines) is 1. The maximum absolute atomic E-state index is 9.67. The second-order valence-electron chi connectivity index (χ2n) is 8.56. The van der Waals surface area contributed by atoms with Crippen LogP contribution in [0, 0.1) is 0 Å². The Bertz CT molecular complexity index is 914. The zero-order valence-electron chi connectivity index (χ0n) is 19.5. The molecule has 180 valence electrons. The van der Waals surface area contributed by atoms with E-state index in [1.54, 1.807) is 7.05 Å². The summed E-state index contributed by atoms with van der Waals surface area (Å²) in [7, 11) is 3.84. The normalized spacial score (nSPS) is 16.8. The van der Waals surface area contributed by atoms with Crippen molar-refractivity contribution in [2.75, 3.05) is 40.4 Å². The molecule has 2 aliphatic heterocycles. The van der Waals surface area contributed by atoms with Gasteiger partial charge in [-0.2, -0.15) is 0 Å². The van der Waals surface area contributed by atoms with Crippen LogP contribution in [0.4, 0.5) is 0 Å². The average molecular weight is 566 g/mol. The lowest BCUT2D eigenvalue weighted by molar-refractivity contribution is 0.0792. The number of hydrogen-bond acceptors (Lipinski definition) is 5. The maximum atomic E-state index is 9.67. The van der Waals surface area contributed by atoms with E-state index in [0.717, 1.165) is 62.0 Å². The van der Waals surface area contributed by atoms with Crippen LogP contribution in [0.1, 0.15) is 29.5 Å². The highest BCUT2D eigenvalue weighted by atomic mass is 127. The summed E-state index contributed by atoms with van der Waals surface area (Å²) < 4.78 is 11.3. The molecule has 4 rings (SSSR count). The number of fused-ring (bicyclic) bond motifs is 1. The average Bonchev–Trinajstić information content (AvgIpc) is 2.82. The molecule has 0 spiro atoms. The second kappa shape index (κ2) is 12.4. The standard InChI is InChI=1S/C25H34N4O3.HI/c1-26-25(28(2)17-21-7-8-23-24(15-21)32-14-13-31-23)27-16-19-3-5-20(6-4-19)18-29-11-9-22(30)10-12-29;/h3-8,15,22,30H,9-14,16-18H2,1-2H3,(H,26,27);1H. The van der Waals surface area contributed by atoms with Gasteiger partial charge in [0.25, 0.3) is 0 Å². The molecule has 0 amide bonds. The quantitative estimate of drug-likeness (QED) is 0.318. The molecular formula is C25H35IN4O3. The van der Waals surface area contributed by atoms with Gasteiger partial charge < -0.3 is 24.8 Å². The van der Waals surface area contributed by atoms with E-state index in [9.17, 15) is 5.11 Å². The fourth-order valence-electron chi connectivity index (χ4n) is 4.20. The number of nitrogens with one attached hydrogen (secondary N) is 1. The van der Waals surface area contributed by atoms with Gasteiger partial charge in [0.2, 0.25) is 0 Å². The predicted octanol–water partition coefficient (Wildman–Crippen LogP) is 3.24. The van der Waals surface area contributed by atoms with Crippen molar-refractivity contribution in [2.24, 2.45) is 4.99 Å². The van der Waals surface area contributed by atoms with Gasteiger partial charge in [-0.05, 0) is 41.7 Å². The second-order valence-corrected chi connectivity index (χ2v) is 8.56. The van der Waals surface area contributed by atoms with E-state index in [2.05, 4.69) is 50.4 Å². The van der Waals surface area contributed by atoms with Crippen molar-refractivity contribution in [1.29, 1.82) is 0 Å². The first-order valence-corrected chi connectivity index (χ1v) is 11.4. The van der Waals surface area contributed by atoms with Crippen LogP contribution in [0.3, 0.4) is 0 Å². The third-order valence-electron chi connectivity index (χ3n) is 6.04. The first-order valence-electron chi connectivity index (χ1n) is 11.4. The fraction of sp³-hybridized carbons (Fsp3) is 0.480. The van der Waals surface area contributed by atoms with Crippen LogP contribution >= 0.6 is 24.0 Å². The number of ether oxygens (including phenoxy) is 2. The molecule has 2 aromatic rings. The highest BCUT2D eigenvalue weighted by molar-refractivity contribution is 14.0. The minimum Gasteiger partial charge on any atom is -0.486 e. The van der Waals surface area contributed by atoms with Crippen molar-refractivity contribution in [3.8, 4) is 11.5 Å². The number of benzene rings is 2. The summed E-state index contributed by atoms with van der Waals surface area (Å²) in [6.45, 7) is 5.52. The largest absolute Gasteiger partial charge is 0.486 e. The van der Waals surface area contributed by atoms with Gasteiger partial charge in [0.1, 0.15) is 13.2 Å². The molecule has 1 saturated heterocycles. The molecule has 0 saturated carbocycles. The minimum absolute atomic E-state index is 0. The molecule has 2 N–H and O–H groups in total. The van der Waals surface area contributed by atoms with Crippen LogP contribution in [0.5, 0.6) is 11.5 Å². The van der Waals surface area contributed by atoms with Crippen LogP contribution in [0.15, 0.2) is 47.5 Å². The van der Waals surface area contributed by atoms with E-state index in [0.29, 0.717) is 19.8 Å². The SMILES string of the molecule is CN=C(NCc1ccc(CN2CCC(O)CC2)cc1)N(C)Cc1ccc2c(c1)OCCO2.I. The summed E-state index contributed by atoms with van der Waals surface area (Å²) in [5.74, 6) is 2.47. The molecule has 0 aliphatic carbocycles. The highest BCUT2D eigenvalue weighted by Crippen LogP contribution is 2.31. The number of hydrogen-bond donors (Lipinski definition) is 2. The zero-order valence-corrected chi connectivity index (χ0v) is 21.8. The van der Waals surface area contributed by atoms with E-state index in [1.807, 2.05) is 19.2 Å². The predicted molar refractivity (Wildman–Crippen MR) is 141 cm³/mol. The summed E-state index contributed by atoms with van der Waals surface area (Å²) in [4.78, 5) is 8.95. The Hall–Kier alpha value is -2.04. The van der Waals surface area contributed by atoms with Gasteiger partial charge in [-0.15, -0.1) is 24.0 Å².